The van der Waals surface area contributed by atoms with Crippen molar-refractivity contribution in [2.45, 2.75) is 236 Å². The van der Waals surface area contributed by atoms with Crippen LogP contribution in [0.2, 0.25) is 0 Å². The molecule has 8 unspecified atom stereocenters. The van der Waals surface area contributed by atoms with E-state index < -0.39 is 61.5 Å². The number of hydrogen-bond acceptors (Lipinski definition) is 9. The molecule has 1 fully saturated rings. The Kier molecular flexibility index (Phi) is 32.7. The molecular weight excluding hydrogens is 686 g/mol. The molecule has 318 valence electrons. The summed E-state index contributed by atoms with van der Waals surface area (Å²) in [5.41, 5.74) is 0. The highest BCUT2D eigenvalue weighted by atomic mass is 16.7. The molecule has 0 radical (unpaired) electrons. The molecule has 1 aliphatic rings. The van der Waals surface area contributed by atoms with Crippen molar-refractivity contribution < 1.29 is 44.9 Å². The van der Waals surface area contributed by atoms with Gasteiger partial charge in [0.1, 0.15) is 30.5 Å². The summed E-state index contributed by atoms with van der Waals surface area (Å²) < 4.78 is 11.1. The number of ether oxygens (including phenoxy) is 2. The number of aliphatic hydroxyl groups is 6. The number of unbranched alkanes of at least 4 members (excludes halogenated alkanes) is 23. The second-order valence-electron chi connectivity index (χ2n) is 15.6. The quantitative estimate of drug-likeness (QED) is 0.0250. The highest BCUT2D eigenvalue weighted by Gasteiger charge is 2.44. The van der Waals surface area contributed by atoms with E-state index in [2.05, 4.69) is 31.3 Å². The molecule has 1 saturated heterocycles. The Bertz CT molecular complexity index is 916. The molecular formula is C44H83NO9. The summed E-state index contributed by atoms with van der Waals surface area (Å²) in [6, 6.07) is -0.991. The van der Waals surface area contributed by atoms with Gasteiger partial charge in [0.2, 0.25) is 5.91 Å². The maximum atomic E-state index is 13.0. The van der Waals surface area contributed by atoms with E-state index in [4.69, 9.17) is 9.47 Å². The molecule has 10 nitrogen and oxygen atoms in total. The average Bonchev–Trinajstić information content (AvgIpc) is 3.17. The monoisotopic (exact) mass is 770 g/mol. The topological polar surface area (TPSA) is 169 Å². The third-order valence-electron chi connectivity index (χ3n) is 10.6. The second-order valence-corrected chi connectivity index (χ2v) is 15.6. The van der Waals surface area contributed by atoms with Crippen molar-refractivity contribution >= 4 is 5.91 Å². The largest absolute Gasteiger partial charge is 0.394 e. The predicted molar refractivity (Wildman–Crippen MR) is 218 cm³/mol. The molecule has 1 aliphatic heterocycles. The normalized spacial score (nSPS) is 22.3. The van der Waals surface area contributed by atoms with Crippen LogP contribution in [-0.2, 0) is 14.3 Å². The third-order valence-corrected chi connectivity index (χ3v) is 10.6. The standard InChI is InChI=1S/C44H83NO9/c1-3-5-7-9-11-13-15-17-18-19-21-22-24-26-28-30-32-37(47)36(35-53-44-42(51)41(50)40(49)39(34-46)54-44)45-43(52)38(48)33-31-29-27-25-23-20-16-14-12-10-8-6-4-2/h22,24,30,32,36-42,44,46-51H,3-21,23,25-29,31,33-35H2,1-2H3,(H,45,52)/b24-22+,32-30+. The van der Waals surface area contributed by atoms with Crippen molar-refractivity contribution in [3.05, 3.63) is 24.3 Å². The van der Waals surface area contributed by atoms with Gasteiger partial charge in [0.15, 0.2) is 6.29 Å². The van der Waals surface area contributed by atoms with Gasteiger partial charge in [-0.2, -0.15) is 0 Å². The fourth-order valence-corrected chi connectivity index (χ4v) is 6.94. The molecule has 54 heavy (non-hydrogen) atoms. The minimum Gasteiger partial charge on any atom is -0.394 e. The van der Waals surface area contributed by atoms with Gasteiger partial charge in [-0.3, -0.25) is 4.79 Å². The number of amides is 1. The molecule has 1 rings (SSSR count). The van der Waals surface area contributed by atoms with Crippen LogP contribution in [0.3, 0.4) is 0 Å². The van der Waals surface area contributed by atoms with Crippen molar-refractivity contribution in [2.24, 2.45) is 0 Å². The highest BCUT2D eigenvalue weighted by Crippen LogP contribution is 2.22. The van der Waals surface area contributed by atoms with Crippen molar-refractivity contribution in [3.8, 4) is 0 Å². The van der Waals surface area contributed by atoms with Gasteiger partial charge >= 0.3 is 0 Å². The first-order valence-electron chi connectivity index (χ1n) is 22.2. The van der Waals surface area contributed by atoms with Gasteiger partial charge in [0.05, 0.1) is 25.4 Å². The molecule has 0 spiro atoms. The Labute approximate surface area is 329 Å². The summed E-state index contributed by atoms with van der Waals surface area (Å²) in [5, 5.41) is 64.5. The van der Waals surface area contributed by atoms with Crippen LogP contribution in [0.25, 0.3) is 0 Å². The van der Waals surface area contributed by atoms with E-state index in [-0.39, 0.29) is 6.61 Å². The summed E-state index contributed by atoms with van der Waals surface area (Å²) >= 11 is 0. The first-order chi connectivity index (χ1) is 26.3. The van der Waals surface area contributed by atoms with E-state index in [1.165, 1.54) is 122 Å². The minimum absolute atomic E-state index is 0.307. The number of aliphatic hydroxyl groups excluding tert-OH is 6. The van der Waals surface area contributed by atoms with Gasteiger partial charge < -0.3 is 45.4 Å². The smallest absolute Gasteiger partial charge is 0.249 e. The van der Waals surface area contributed by atoms with Crippen LogP contribution in [0.1, 0.15) is 187 Å². The van der Waals surface area contributed by atoms with E-state index in [0.29, 0.717) is 19.3 Å². The number of carbonyl (C=O) groups excluding carboxylic acids is 1. The van der Waals surface area contributed by atoms with Gasteiger partial charge in [-0.25, -0.2) is 0 Å². The minimum atomic E-state index is -1.61. The Morgan fingerprint density at radius 2 is 1.09 bits per heavy atom. The van der Waals surface area contributed by atoms with Crippen LogP contribution >= 0.6 is 0 Å². The molecule has 0 aromatic carbocycles. The van der Waals surface area contributed by atoms with Crippen LogP contribution < -0.4 is 5.32 Å². The van der Waals surface area contributed by atoms with Gasteiger partial charge in [0.25, 0.3) is 0 Å². The predicted octanol–water partition coefficient (Wildman–Crippen LogP) is 7.69. The van der Waals surface area contributed by atoms with Gasteiger partial charge in [-0.1, -0.05) is 179 Å². The van der Waals surface area contributed by atoms with E-state index in [1.807, 2.05) is 6.08 Å². The Hall–Kier alpha value is -1.37. The molecule has 0 saturated carbocycles. The van der Waals surface area contributed by atoms with Crippen LogP contribution in [0.15, 0.2) is 24.3 Å². The molecule has 10 heteroatoms. The van der Waals surface area contributed by atoms with Crippen molar-refractivity contribution in [3.63, 3.8) is 0 Å². The van der Waals surface area contributed by atoms with Crippen LogP contribution in [0, 0.1) is 0 Å². The molecule has 0 aromatic rings. The van der Waals surface area contributed by atoms with Crippen molar-refractivity contribution in [1.29, 1.82) is 0 Å². The van der Waals surface area contributed by atoms with E-state index in [9.17, 15) is 35.4 Å². The lowest BCUT2D eigenvalue weighted by Crippen LogP contribution is -2.60. The lowest BCUT2D eigenvalue weighted by molar-refractivity contribution is -0.302. The molecule has 0 aromatic heterocycles. The average molecular weight is 770 g/mol. The summed E-state index contributed by atoms with van der Waals surface area (Å²) in [6.07, 6.45) is 29.8. The number of nitrogens with one attached hydrogen (secondary N) is 1. The summed E-state index contributed by atoms with van der Waals surface area (Å²) in [4.78, 5) is 13.0. The van der Waals surface area contributed by atoms with Crippen molar-refractivity contribution in [1.82, 2.24) is 5.32 Å². The lowest BCUT2D eigenvalue weighted by atomic mass is 9.99. The summed E-state index contributed by atoms with van der Waals surface area (Å²) in [6.45, 7) is 3.58. The SMILES string of the molecule is CCCCCCCCCCCC/C=C/CC/C=C/C(O)C(COC1OC(CO)C(O)C(O)C1O)NC(=O)C(O)CCCCCCCCCCCCCCC. The molecule has 7 N–H and O–H groups in total. The number of hydrogen-bond donors (Lipinski definition) is 7. The van der Waals surface area contributed by atoms with Crippen LogP contribution in [0.5, 0.6) is 0 Å². The molecule has 1 heterocycles. The zero-order valence-electron chi connectivity index (χ0n) is 34.3. The van der Waals surface area contributed by atoms with E-state index in [0.717, 1.165) is 32.1 Å². The van der Waals surface area contributed by atoms with Gasteiger partial charge in [-0.15, -0.1) is 0 Å². The maximum absolute atomic E-state index is 13.0. The molecule has 1 amide bonds. The lowest BCUT2D eigenvalue weighted by Gasteiger charge is -2.40. The maximum Gasteiger partial charge on any atom is 0.249 e. The Balaban J connectivity index is 2.48. The van der Waals surface area contributed by atoms with Gasteiger partial charge in [-0.05, 0) is 32.1 Å². The third kappa shape index (κ3) is 25.0. The van der Waals surface area contributed by atoms with Gasteiger partial charge in [0, 0.05) is 0 Å². The van der Waals surface area contributed by atoms with Crippen LogP contribution in [-0.4, -0.2) is 98.7 Å². The first kappa shape index (κ1) is 50.6. The Morgan fingerprint density at radius 1 is 0.630 bits per heavy atom. The molecule has 0 bridgehead atoms. The molecule has 0 aliphatic carbocycles. The van der Waals surface area contributed by atoms with E-state index >= 15 is 0 Å². The fourth-order valence-electron chi connectivity index (χ4n) is 6.94. The zero-order valence-corrected chi connectivity index (χ0v) is 34.3. The fraction of sp³-hybridized carbons (Fsp3) is 0.886. The van der Waals surface area contributed by atoms with Crippen LogP contribution in [0.4, 0.5) is 0 Å². The summed E-state index contributed by atoms with van der Waals surface area (Å²) in [7, 11) is 0. The zero-order chi connectivity index (χ0) is 39.7. The molecule has 8 atom stereocenters. The Morgan fingerprint density at radius 3 is 1.61 bits per heavy atom. The summed E-state index contributed by atoms with van der Waals surface area (Å²) in [5.74, 6) is -0.626. The van der Waals surface area contributed by atoms with Crippen molar-refractivity contribution in [2.75, 3.05) is 13.2 Å². The van der Waals surface area contributed by atoms with E-state index in [1.54, 1.807) is 6.08 Å². The first-order valence-corrected chi connectivity index (χ1v) is 22.2. The number of rotatable bonds is 36. The number of allylic oxidation sites excluding steroid dienone is 3. The highest BCUT2D eigenvalue weighted by molar-refractivity contribution is 5.80. The number of carbonyl (C=O) groups is 1. The second kappa shape index (κ2) is 34.8.